The topological polar surface area (TPSA) is 68.0 Å². The van der Waals surface area contributed by atoms with E-state index in [-0.39, 0.29) is 11.9 Å². The smallest absolute Gasteiger partial charge is 0.325 e. The Morgan fingerprint density at radius 1 is 0.875 bits per heavy atom. The normalized spacial score (nSPS) is 10.5. The zero-order valence-electron chi connectivity index (χ0n) is 16.6. The molecule has 0 spiro atoms. The predicted molar refractivity (Wildman–Crippen MR) is 126 cm³/mol. The van der Waals surface area contributed by atoms with E-state index in [9.17, 15) is 0 Å². The second-order valence-electron chi connectivity index (χ2n) is 6.61. The van der Waals surface area contributed by atoms with Gasteiger partial charge in [-0.2, -0.15) is 15.2 Å². The third-order valence-corrected chi connectivity index (χ3v) is 5.34. The Kier molecular flexibility index (Phi) is 6.48. The second-order valence-corrected chi connectivity index (χ2v) is 7.89. The minimum Gasteiger partial charge on any atom is -0.480 e. The molecule has 0 atom stereocenters. The molecule has 4 aromatic rings. The van der Waals surface area contributed by atoms with Gasteiger partial charge in [-0.15, -0.1) is 0 Å². The van der Waals surface area contributed by atoms with E-state index in [2.05, 4.69) is 16.0 Å². The monoisotopic (exact) mass is 481 g/mol. The average Bonchev–Trinajstić information content (AvgIpc) is 2.79. The van der Waals surface area contributed by atoms with Crippen molar-refractivity contribution in [2.75, 3.05) is 7.11 Å². The van der Waals surface area contributed by atoms with E-state index >= 15 is 0 Å². The number of rotatable bonds is 5. The van der Waals surface area contributed by atoms with Gasteiger partial charge >= 0.3 is 6.01 Å². The van der Waals surface area contributed by atoms with Gasteiger partial charge in [0, 0.05) is 15.6 Å². The fraction of sp³-hybridized carbons (Fsp3) is 0.0417. The summed E-state index contributed by atoms with van der Waals surface area (Å²) in [5, 5.41) is 10.6. The van der Waals surface area contributed by atoms with Crippen LogP contribution in [0, 0.1) is 11.3 Å². The summed E-state index contributed by atoms with van der Waals surface area (Å²) in [5.41, 5.74) is 2.97. The van der Waals surface area contributed by atoms with Crippen LogP contribution < -0.4 is 9.47 Å². The van der Waals surface area contributed by atoms with Crippen LogP contribution in [0.3, 0.4) is 0 Å². The number of aromatic nitrogens is 2. The molecule has 0 N–H and O–H groups in total. The second kappa shape index (κ2) is 9.46. The van der Waals surface area contributed by atoms with Crippen LogP contribution in [0.1, 0.15) is 5.56 Å². The zero-order chi connectivity index (χ0) is 22.7. The molecule has 0 unspecified atom stereocenters. The van der Waals surface area contributed by atoms with Crippen molar-refractivity contribution < 1.29 is 9.47 Å². The van der Waals surface area contributed by atoms with Gasteiger partial charge < -0.3 is 9.47 Å². The lowest BCUT2D eigenvalue weighted by Gasteiger charge is -2.16. The van der Waals surface area contributed by atoms with E-state index in [1.165, 1.54) is 7.11 Å². The summed E-state index contributed by atoms with van der Waals surface area (Å²) in [6.07, 6.45) is 0. The highest BCUT2D eigenvalue weighted by molar-refractivity contribution is 6.36. The molecular formula is C24H14Cl3N3O2. The molecule has 0 aliphatic rings. The highest BCUT2D eigenvalue weighted by Crippen LogP contribution is 2.42. The molecule has 0 aliphatic heterocycles. The first kappa shape index (κ1) is 21.9. The quantitative estimate of drug-likeness (QED) is 0.295. The lowest BCUT2D eigenvalue weighted by atomic mass is 10.00. The van der Waals surface area contributed by atoms with Gasteiger partial charge in [0.2, 0.25) is 5.88 Å². The number of ether oxygens (including phenoxy) is 2. The van der Waals surface area contributed by atoms with E-state index in [0.29, 0.717) is 43.2 Å². The predicted octanol–water partition coefficient (Wildman–Crippen LogP) is 7.44. The number of hydrogen-bond donors (Lipinski definition) is 0. The van der Waals surface area contributed by atoms with Crippen molar-refractivity contribution in [3.05, 3.63) is 87.4 Å². The Morgan fingerprint density at radius 2 is 1.62 bits per heavy atom. The highest BCUT2D eigenvalue weighted by atomic mass is 35.5. The molecule has 5 nitrogen and oxygen atoms in total. The van der Waals surface area contributed by atoms with Crippen LogP contribution in [-0.2, 0) is 0 Å². The molecule has 0 saturated heterocycles. The van der Waals surface area contributed by atoms with Crippen molar-refractivity contribution in [3.8, 4) is 46.1 Å². The summed E-state index contributed by atoms with van der Waals surface area (Å²) < 4.78 is 11.4. The lowest BCUT2D eigenvalue weighted by Crippen LogP contribution is -2.02. The molecule has 0 radical (unpaired) electrons. The summed E-state index contributed by atoms with van der Waals surface area (Å²) in [6, 6.07) is 21.1. The van der Waals surface area contributed by atoms with E-state index in [1.807, 2.05) is 12.1 Å². The van der Waals surface area contributed by atoms with Gasteiger partial charge in [0.15, 0.2) is 0 Å². The number of hydrogen-bond acceptors (Lipinski definition) is 5. The molecule has 4 rings (SSSR count). The Hall–Kier alpha value is -3.30. The maximum Gasteiger partial charge on any atom is 0.325 e. The first-order valence-corrected chi connectivity index (χ1v) is 10.5. The fourth-order valence-corrected chi connectivity index (χ4v) is 3.73. The molecule has 0 fully saturated rings. The third kappa shape index (κ3) is 4.63. The van der Waals surface area contributed by atoms with Crippen molar-refractivity contribution in [2.45, 2.75) is 0 Å². The Balaban J connectivity index is 1.93. The van der Waals surface area contributed by atoms with Gasteiger partial charge in [0.05, 0.1) is 35.0 Å². The third-order valence-electron chi connectivity index (χ3n) is 4.54. The molecular weight excluding hydrogens is 469 g/mol. The van der Waals surface area contributed by atoms with E-state index < -0.39 is 0 Å². The average molecular weight is 483 g/mol. The molecule has 8 heteroatoms. The van der Waals surface area contributed by atoms with Gasteiger partial charge in [0.1, 0.15) is 5.75 Å². The molecule has 158 valence electrons. The minimum absolute atomic E-state index is 0.0377. The van der Waals surface area contributed by atoms with Crippen molar-refractivity contribution >= 4 is 34.8 Å². The van der Waals surface area contributed by atoms with Crippen LogP contribution in [0.5, 0.6) is 17.6 Å². The standard InChI is InChI=1S/C24H14Cl3N3O2/c1-31-23-21(15-5-7-16(25)8-6-15)22(19-10-9-17(26)12-20(19)27)29-24(30-23)32-18-4-2-3-14(11-18)13-28/h2-12H,1H3. The first-order valence-electron chi connectivity index (χ1n) is 9.34. The van der Waals surface area contributed by atoms with E-state index in [0.717, 1.165) is 5.56 Å². The highest BCUT2D eigenvalue weighted by Gasteiger charge is 2.21. The largest absolute Gasteiger partial charge is 0.480 e. The molecule has 3 aromatic carbocycles. The molecule has 0 saturated carbocycles. The number of benzene rings is 3. The van der Waals surface area contributed by atoms with Crippen LogP contribution in [-0.4, -0.2) is 17.1 Å². The van der Waals surface area contributed by atoms with Gasteiger partial charge in [-0.1, -0.05) is 53.0 Å². The minimum atomic E-state index is 0.0377. The Bertz CT molecular complexity index is 1340. The van der Waals surface area contributed by atoms with Crippen LogP contribution in [0.2, 0.25) is 15.1 Å². The van der Waals surface area contributed by atoms with Gasteiger partial charge in [-0.25, -0.2) is 0 Å². The first-order chi connectivity index (χ1) is 15.5. The van der Waals surface area contributed by atoms with Crippen molar-refractivity contribution in [3.63, 3.8) is 0 Å². The van der Waals surface area contributed by atoms with Gasteiger partial charge in [-0.3, -0.25) is 0 Å². The van der Waals surface area contributed by atoms with E-state index in [1.54, 1.807) is 54.6 Å². The Labute approximate surface area is 199 Å². The SMILES string of the molecule is COc1nc(Oc2cccc(C#N)c2)nc(-c2ccc(Cl)cc2Cl)c1-c1ccc(Cl)cc1. The maximum absolute atomic E-state index is 9.15. The number of methoxy groups -OCH3 is 1. The summed E-state index contributed by atoms with van der Waals surface area (Å²) in [4.78, 5) is 9.07. The number of halogens is 3. The molecule has 0 amide bonds. The zero-order valence-corrected chi connectivity index (χ0v) is 18.9. The molecule has 1 heterocycles. The molecule has 1 aromatic heterocycles. The van der Waals surface area contributed by atoms with Crippen LogP contribution in [0.25, 0.3) is 22.4 Å². The summed E-state index contributed by atoms with van der Waals surface area (Å²) in [7, 11) is 1.51. The molecule has 0 bridgehead atoms. The number of nitriles is 1. The maximum atomic E-state index is 9.15. The Morgan fingerprint density at radius 3 is 2.31 bits per heavy atom. The van der Waals surface area contributed by atoms with Gasteiger partial charge in [0.25, 0.3) is 0 Å². The van der Waals surface area contributed by atoms with E-state index in [4.69, 9.17) is 49.5 Å². The van der Waals surface area contributed by atoms with Crippen molar-refractivity contribution in [2.24, 2.45) is 0 Å². The lowest BCUT2D eigenvalue weighted by molar-refractivity contribution is 0.378. The molecule has 0 aliphatic carbocycles. The summed E-state index contributed by atoms with van der Waals surface area (Å²) in [5.74, 6) is 0.702. The van der Waals surface area contributed by atoms with Crippen LogP contribution in [0.15, 0.2) is 66.7 Å². The molecule has 32 heavy (non-hydrogen) atoms. The number of nitrogens with zero attached hydrogens (tertiary/aromatic N) is 3. The summed E-state index contributed by atoms with van der Waals surface area (Å²) >= 11 is 18.7. The van der Waals surface area contributed by atoms with Crippen LogP contribution >= 0.6 is 34.8 Å². The fourth-order valence-electron chi connectivity index (χ4n) is 3.10. The summed E-state index contributed by atoms with van der Waals surface area (Å²) in [6.45, 7) is 0. The van der Waals surface area contributed by atoms with Crippen molar-refractivity contribution in [1.29, 1.82) is 5.26 Å². The van der Waals surface area contributed by atoms with Crippen LogP contribution in [0.4, 0.5) is 0 Å². The van der Waals surface area contributed by atoms with Gasteiger partial charge in [-0.05, 0) is 54.1 Å². The van der Waals surface area contributed by atoms with Crippen molar-refractivity contribution in [1.82, 2.24) is 9.97 Å².